The number of ether oxygens (including phenoxy) is 2. The Kier molecular flexibility index (Phi) is 7.93. The van der Waals surface area contributed by atoms with E-state index in [4.69, 9.17) is 9.47 Å². The van der Waals surface area contributed by atoms with Crippen LogP contribution in [-0.4, -0.2) is 54.0 Å². The smallest absolute Gasteiger partial charge is 0.337 e. The van der Waals surface area contributed by atoms with Gasteiger partial charge in [-0.25, -0.2) is 9.78 Å². The predicted molar refractivity (Wildman–Crippen MR) is 131 cm³/mol. The molecule has 0 radical (unpaired) electrons. The van der Waals surface area contributed by atoms with Crippen LogP contribution in [-0.2, 0) is 20.8 Å². The lowest BCUT2D eigenvalue weighted by molar-refractivity contribution is -0.119. The number of esters is 1. The minimum Gasteiger partial charge on any atom is -0.465 e. The third-order valence-electron chi connectivity index (χ3n) is 7.23. The highest BCUT2D eigenvalue weighted by Crippen LogP contribution is 2.49. The van der Waals surface area contributed by atoms with E-state index in [1.807, 2.05) is 0 Å². The van der Waals surface area contributed by atoms with E-state index in [2.05, 4.69) is 17.2 Å². The van der Waals surface area contributed by atoms with Crippen molar-refractivity contribution < 1.29 is 19.1 Å². The van der Waals surface area contributed by atoms with Gasteiger partial charge >= 0.3 is 5.97 Å². The molecule has 184 valence electrons. The van der Waals surface area contributed by atoms with E-state index in [9.17, 15) is 14.4 Å². The Labute approximate surface area is 203 Å². The Morgan fingerprint density at radius 2 is 2.09 bits per heavy atom. The molecule has 2 bridgehead atoms. The minimum atomic E-state index is -0.490. The highest BCUT2D eigenvalue weighted by molar-refractivity contribution is 7.99. The van der Waals surface area contributed by atoms with Gasteiger partial charge in [0.1, 0.15) is 0 Å². The molecule has 4 rings (SSSR count). The number of hydrogen-bond donors (Lipinski definition) is 1. The van der Waals surface area contributed by atoms with E-state index in [1.54, 1.807) is 29.9 Å². The van der Waals surface area contributed by atoms with Crippen molar-refractivity contribution in [3.8, 4) is 0 Å². The molecule has 0 aliphatic heterocycles. The van der Waals surface area contributed by atoms with Gasteiger partial charge in [0.15, 0.2) is 5.16 Å². The van der Waals surface area contributed by atoms with Gasteiger partial charge in [-0.15, -0.1) is 0 Å². The number of thioether (sulfide) groups is 1. The van der Waals surface area contributed by atoms with Gasteiger partial charge in [0, 0.05) is 26.3 Å². The molecule has 1 N–H and O–H groups in total. The molecule has 34 heavy (non-hydrogen) atoms. The number of hydrogen-bond acceptors (Lipinski definition) is 7. The maximum Gasteiger partial charge on any atom is 0.337 e. The molecule has 1 aromatic carbocycles. The Morgan fingerprint density at radius 3 is 2.76 bits per heavy atom. The van der Waals surface area contributed by atoms with Crippen molar-refractivity contribution >= 4 is 34.5 Å². The summed E-state index contributed by atoms with van der Waals surface area (Å²) in [4.78, 5) is 42.6. The first kappa shape index (κ1) is 24.7. The molecule has 2 aromatic rings. The van der Waals surface area contributed by atoms with Crippen LogP contribution in [0.4, 0.5) is 0 Å². The van der Waals surface area contributed by atoms with Gasteiger partial charge in [0.05, 0.1) is 29.3 Å². The number of rotatable bonds is 10. The fraction of sp³-hybridized carbons (Fsp3) is 0.600. The highest BCUT2D eigenvalue weighted by Gasteiger charge is 2.42. The summed E-state index contributed by atoms with van der Waals surface area (Å²) < 4.78 is 11.5. The molecule has 0 unspecified atom stereocenters. The number of carbonyl (C=O) groups excluding carboxylic acids is 2. The summed E-state index contributed by atoms with van der Waals surface area (Å²) in [5.74, 6) is 1.77. The maximum atomic E-state index is 13.2. The highest BCUT2D eigenvalue weighted by atomic mass is 32.2. The van der Waals surface area contributed by atoms with Crippen LogP contribution in [0.1, 0.15) is 49.4 Å². The Balaban J connectivity index is 1.51. The summed E-state index contributed by atoms with van der Waals surface area (Å²) >= 11 is 1.24. The van der Waals surface area contributed by atoms with Crippen LogP contribution in [0.5, 0.6) is 0 Å². The second kappa shape index (κ2) is 10.9. The van der Waals surface area contributed by atoms with Crippen molar-refractivity contribution in [3.63, 3.8) is 0 Å². The van der Waals surface area contributed by atoms with Gasteiger partial charge in [0.2, 0.25) is 5.91 Å². The minimum absolute atomic E-state index is 0.0543. The number of aromatic nitrogens is 2. The van der Waals surface area contributed by atoms with Gasteiger partial charge in [-0.2, -0.15) is 0 Å². The van der Waals surface area contributed by atoms with Crippen LogP contribution in [0.15, 0.2) is 28.2 Å². The van der Waals surface area contributed by atoms with E-state index in [0.717, 1.165) is 11.8 Å². The molecule has 2 aliphatic rings. The maximum absolute atomic E-state index is 13.2. The number of methoxy groups -OCH3 is 2. The SMILES string of the molecule is COCCCn1c(SCC(=O)N[C@@H](C)[C@H]2C[C@H]3CC[C@H]2C3)nc2cc(C(=O)OC)ccc2c1=O. The number of benzene rings is 1. The van der Waals surface area contributed by atoms with Crippen molar-refractivity contribution in [2.45, 2.75) is 56.8 Å². The predicted octanol–water partition coefficient (Wildman–Crippen LogP) is 3.25. The largest absolute Gasteiger partial charge is 0.465 e. The summed E-state index contributed by atoms with van der Waals surface area (Å²) in [6.07, 6.45) is 5.79. The summed E-state index contributed by atoms with van der Waals surface area (Å²) in [6, 6.07) is 4.87. The zero-order valence-corrected chi connectivity index (χ0v) is 20.9. The van der Waals surface area contributed by atoms with Crippen LogP contribution < -0.4 is 10.9 Å². The first-order chi connectivity index (χ1) is 16.4. The lowest BCUT2D eigenvalue weighted by Crippen LogP contribution is -2.41. The van der Waals surface area contributed by atoms with E-state index < -0.39 is 5.97 Å². The molecule has 8 nitrogen and oxygen atoms in total. The van der Waals surface area contributed by atoms with Gasteiger partial charge in [-0.05, 0) is 68.6 Å². The number of carbonyl (C=O) groups is 2. The van der Waals surface area contributed by atoms with Gasteiger partial charge in [-0.1, -0.05) is 18.2 Å². The van der Waals surface area contributed by atoms with Crippen molar-refractivity contribution in [2.75, 3.05) is 26.6 Å². The van der Waals surface area contributed by atoms with E-state index in [-0.39, 0.29) is 23.3 Å². The molecular weight excluding hydrogens is 454 g/mol. The molecule has 0 spiro atoms. The number of fused-ring (bicyclic) bond motifs is 3. The summed E-state index contributed by atoms with van der Waals surface area (Å²) in [5.41, 5.74) is 0.539. The summed E-state index contributed by atoms with van der Waals surface area (Å²) in [5, 5.41) is 4.05. The van der Waals surface area contributed by atoms with Gasteiger partial charge in [-0.3, -0.25) is 14.2 Å². The lowest BCUT2D eigenvalue weighted by Gasteiger charge is -2.28. The molecule has 1 aromatic heterocycles. The summed E-state index contributed by atoms with van der Waals surface area (Å²) in [7, 11) is 2.93. The molecular formula is C25H33N3O5S. The zero-order valence-electron chi connectivity index (χ0n) is 20.0. The van der Waals surface area contributed by atoms with E-state index in [1.165, 1.54) is 44.6 Å². The third kappa shape index (κ3) is 5.30. The van der Waals surface area contributed by atoms with Gasteiger partial charge < -0.3 is 14.8 Å². The van der Waals surface area contributed by atoms with Crippen molar-refractivity contribution in [1.29, 1.82) is 0 Å². The second-order valence-electron chi connectivity index (χ2n) is 9.40. The van der Waals surface area contributed by atoms with Crippen LogP contribution >= 0.6 is 11.8 Å². The normalized spacial score (nSPS) is 22.1. The number of nitrogens with zero attached hydrogens (tertiary/aromatic N) is 2. The molecule has 2 fully saturated rings. The molecule has 2 saturated carbocycles. The van der Waals surface area contributed by atoms with Crippen LogP contribution in [0.2, 0.25) is 0 Å². The van der Waals surface area contributed by atoms with Gasteiger partial charge in [0.25, 0.3) is 5.56 Å². The Morgan fingerprint density at radius 1 is 1.26 bits per heavy atom. The molecule has 1 heterocycles. The van der Waals surface area contributed by atoms with Crippen LogP contribution in [0, 0.1) is 17.8 Å². The molecule has 0 saturated heterocycles. The Bertz CT molecular complexity index is 1120. The first-order valence-electron chi connectivity index (χ1n) is 11.9. The molecule has 9 heteroatoms. The van der Waals surface area contributed by atoms with Crippen molar-refractivity contribution in [3.05, 3.63) is 34.1 Å². The third-order valence-corrected chi connectivity index (χ3v) is 8.20. The molecule has 2 aliphatic carbocycles. The first-order valence-corrected chi connectivity index (χ1v) is 12.9. The monoisotopic (exact) mass is 487 g/mol. The van der Waals surface area contributed by atoms with Crippen LogP contribution in [0.25, 0.3) is 10.9 Å². The lowest BCUT2D eigenvalue weighted by atomic mass is 9.84. The fourth-order valence-corrected chi connectivity index (χ4v) is 6.40. The molecule has 1 amide bonds. The average molecular weight is 488 g/mol. The standard InChI is InChI=1S/C25H33N3O5S/c1-15(20-12-16-5-6-17(20)11-16)26-22(29)14-34-25-27-21-13-18(24(31)33-3)7-8-19(21)23(30)28(25)9-4-10-32-2/h7-8,13,15-17,20H,4-6,9-12,14H2,1-3H3,(H,26,29)/t15-,16-,17-,20+/m0/s1. The topological polar surface area (TPSA) is 99.5 Å². The second-order valence-corrected chi connectivity index (χ2v) is 10.3. The quantitative estimate of drug-likeness (QED) is 0.238. The zero-order chi connectivity index (χ0) is 24.2. The average Bonchev–Trinajstić information content (AvgIpc) is 3.47. The Hall–Kier alpha value is -2.39. The van der Waals surface area contributed by atoms with Crippen molar-refractivity contribution in [1.82, 2.24) is 14.9 Å². The van der Waals surface area contributed by atoms with E-state index in [0.29, 0.717) is 47.1 Å². The van der Waals surface area contributed by atoms with E-state index >= 15 is 0 Å². The number of amides is 1. The summed E-state index contributed by atoms with van der Waals surface area (Å²) in [6.45, 7) is 3.05. The van der Waals surface area contributed by atoms with Crippen molar-refractivity contribution in [2.24, 2.45) is 17.8 Å². The fourth-order valence-electron chi connectivity index (χ4n) is 5.56. The van der Waals surface area contributed by atoms with Crippen LogP contribution in [0.3, 0.4) is 0 Å². The number of nitrogens with one attached hydrogen (secondary N) is 1. The molecule has 4 atom stereocenters.